The van der Waals surface area contributed by atoms with E-state index in [1.807, 2.05) is 12.1 Å². The third-order valence-electron chi connectivity index (χ3n) is 5.24. The van der Waals surface area contributed by atoms with Crippen LogP contribution in [0.2, 0.25) is 10.2 Å². The van der Waals surface area contributed by atoms with Crippen LogP contribution in [0, 0.1) is 11.3 Å². The van der Waals surface area contributed by atoms with Gasteiger partial charge in [0.1, 0.15) is 28.0 Å². The SMILES string of the molecule is CCN(CC)c1ccc(N=Nc2nc(Cl)c(/C=C(\C#N)c3nc4cc(Cl)ccc4o3)s2)c(NC(C)=O)c1. The summed E-state index contributed by atoms with van der Waals surface area (Å²) < 4.78 is 5.69. The summed E-state index contributed by atoms with van der Waals surface area (Å²) in [4.78, 5) is 23.0. The molecule has 1 N–H and O–H groups in total. The Morgan fingerprint density at radius 2 is 1.97 bits per heavy atom. The predicted molar refractivity (Wildman–Crippen MR) is 148 cm³/mol. The predicted octanol–water partition coefficient (Wildman–Crippen LogP) is 7.88. The molecule has 0 saturated carbocycles. The summed E-state index contributed by atoms with van der Waals surface area (Å²) in [5.74, 6) is -0.0796. The van der Waals surface area contributed by atoms with Gasteiger partial charge in [0.2, 0.25) is 16.9 Å². The topological polar surface area (TPSA) is 120 Å². The molecule has 9 nitrogen and oxygen atoms in total. The molecule has 2 aromatic heterocycles. The molecule has 0 bridgehead atoms. The van der Waals surface area contributed by atoms with Crippen LogP contribution in [0.4, 0.5) is 22.2 Å². The molecule has 0 spiro atoms. The molecular weight excluding hydrogens is 533 g/mol. The quantitative estimate of drug-likeness (QED) is 0.175. The maximum Gasteiger partial charge on any atom is 0.238 e. The smallest absolute Gasteiger partial charge is 0.238 e. The van der Waals surface area contributed by atoms with Crippen molar-refractivity contribution < 1.29 is 9.21 Å². The summed E-state index contributed by atoms with van der Waals surface area (Å²) in [6, 6.07) is 12.7. The van der Waals surface area contributed by atoms with E-state index in [-0.39, 0.29) is 27.7 Å². The summed E-state index contributed by atoms with van der Waals surface area (Å²) in [5.41, 5.74) is 3.18. The standard InChI is InChI=1S/C25H21Cl2N7O2S/c1-4-34(5-2)17-7-8-18(19(12-17)29-14(3)35)32-33-25-31-23(27)22(37-25)10-15(13-28)24-30-20-11-16(26)6-9-21(20)36-24/h6-12H,4-5H2,1-3H3,(H,29,35)/b15-10+,33-32?. The van der Waals surface area contributed by atoms with E-state index in [4.69, 9.17) is 27.6 Å². The van der Waals surface area contributed by atoms with Gasteiger partial charge in [-0.2, -0.15) is 5.26 Å². The van der Waals surface area contributed by atoms with Gasteiger partial charge in [-0.25, -0.2) is 9.97 Å². The van der Waals surface area contributed by atoms with Gasteiger partial charge in [0.15, 0.2) is 5.58 Å². The van der Waals surface area contributed by atoms with Gasteiger partial charge >= 0.3 is 0 Å². The molecule has 0 atom stereocenters. The molecule has 2 heterocycles. The number of oxazole rings is 1. The average Bonchev–Trinajstić information content (AvgIpc) is 3.44. The number of nitrogens with one attached hydrogen (secondary N) is 1. The summed E-state index contributed by atoms with van der Waals surface area (Å²) >= 11 is 13.5. The van der Waals surface area contributed by atoms with Crippen LogP contribution in [0.15, 0.2) is 51.0 Å². The maximum atomic E-state index is 11.8. The lowest BCUT2D eigenvalue weighted by atomic mass is 10.2. The third kappa shape index (κ3) is 6.14. The molecule has 0 saturated heterocycles. The minimum Gasteiger partial charge on any atom is -0.435 e. The van der Waals surface area contributed by atoms with Crippen molar-refractivity contribution in [3.05, 3.63) is 57.3 Å². The first-order valence-corrected chi connectivity index (χ1v) is 12.8. The number of nitrogens with zero attached hydrogens (tertiary/aromatic N) is 6. The van der Waals surface area contributed by atoms with E-state index >= 15 is 0 Å². The number of thiazole rings is 1. The van der Waals surface area contributed by atoms with E-state index in [9.17, 15) is 10.1 Å². The van der Waals surface area contributed by atoms with E-state index in [2.05, 4.69) is 50.3 Å². The number of nitriles is 1. The van der Waals surface area contributed by atoms with Crippen LogP contribution in [-0.4, -0.2) is 29.0 Å². The molecule has 0 radical (unpaired) electrons. The molecule has 4 rings (SSSR count). The van der Waals surface area contributed by atoms with Crippen LogP contribution in [0.5, 0.6) is 0 Å². The van der Waals surface area contributed by atoms with Crippen LogP contribution < -0.4 is 10.2 Å². The molecule has 188 valence electrons. The summed E-state index contributed by atoms with van der Waals surface area (Å²) in [7, 11) is 0. The van der Waals surface area contributed by atoms with Gasteiger partial charge in [-0.15, -0.1) is 10.2 Å². The highest BCUT2D eigenvalue weighted by atomic mass is 35.5. The number of carbonyl (C=O) groups excluding carboxylic acids is 1. The molecule has 0 aliphatic rings. The lowest BCUT2D eigenvalue weighted by Crippen LogP contribution is -2.21. The molecule has 4 aromatic rings. The Hall–Kier alpha value is -3.78. The number of amides is 1. The number of benzene rings is 2. The van der Waals surface area contributed by atoms with Crippen molar-refractivity contribution in [1.29, 1.82) is 5.26 Å². The van der Waals surface area contributed by atoms with E-state index in [1.54, 1.807) is 24.3 Å². The number of aromatic nitrogens is 2. The van der Waals surface area contributed by atoms with Crippen molar-refractivity contribution in [3.8, 4) is 6.07 Å². The molecule has 2 aromatic carbocycles. The molecule has 0 aliphatic carbocycles. The summed E-state index contributed by atoms with van der Waals surface area (Å²) in [6.45, 7) is 7.21. The first-order chi connectivity index (χ1) is 17.8. The second-order valence-corrected chi connectivity index (χ2v) is 9.51. The highest BCUT2D eigenvalue weighted by molar-refractivity contribution is 7.16. The Bertz CT molecular complexity index is 1570. The van der Waals surface area contributed by atoms with Crippen LogP contribution in [0.25, 0.3) is 22.7 Å². The van der Waals surface area contributed by atoms with Crippen molar-refractivity contribution in [2.45, 2.75) is 20.8 Å². The lowest BCUT2D eigenvalue weighted by molar-refractivity contribution is -0.114. The fourth-order valence-corrected chi connectivity index (χ4v) is 4.69. The van der Waals surface area contributed by atoms with E-state index < -0.39 is 0 Å². The normalized spacial score (nSPS) is 11.7. The molecular formula is C25H21Cl2N7O2S. The minimum absolute atomic E-state index is 0.139. The van der Waals surface area contributed by atoms with Crippen LogP contribution in [-0.2, 0) is 4.79 Å². The Balaban J connectivity index is 1.63. The Kier molecular flexibility index (Phi) is 8.18. The van der Waals surface area contributed by atoms with Crippen molar-refractivity contribution in [2.75, 3.05) is 23.3 Å². The first-order valence-electron chi connectivity index (χ1n) is 11.2. The van der Waals surface area contributed by atoms with Gasteiger partial charge < -0.3 is 14.6 Å². The molecule has 12 heteroatoms. The fourth-order valence-electron chi connectivity index (χ4n) is 3.51. The van der Waals surface area contributed by atoms with Gasteiger partial charge in [0, 0.05) is 30.7 Å². The number of fused-ring (bicyclic) bond motifs is 1. The third-order valence-corrected chi connectivity index (χ3v) is 6.76. The number of halogens is 2. The maximum absolute atomic E-state index is 11.8. The highest BCUT2D eigenvalue weighted by Crippen LogP contribution is 2.36. The van der Waals surface area contributed by atoms with Crippen LogP contribution in [0.1, 0.15) is 31.5 Å². The zero-order valence-electron chi connectivity index (χ0n) is 20.1. The van der Waals surface area contributed by atoms with Crippen LogP contribution in [0.3, 0.4) is 0 Å². The van der Waals surface area contributed by atoms with Crippen molar-refractivity contribution in [1.82, 2.24) is 9.97 Å². The molecule has 37 heavy (non-hydrogen) atoms. The van der Waals surface area contributed by atoms with E-state index in [0.717, 1.165) is 30.1 Å². The number of allylic oxidation sites excluding steroid dienone is 1. The lowest BCUT2D eigenvalue weighted by Gasteiger charge is -2.22. The fraction of sp³-hybridized carbons (Fsp3) is 0.200. The largest absolute Gasteiger partial charge is 0.435 e. The Labute approximate surface area is 227 Å². The number of carbonyl (C=O) groups is 1. The van der Waals surface area contributed by atoms with Crippen molar-refractivity contribution >= 4 is 85.4 Å². The second kappa shape index (κ2) is 11.5. The number of hydrogen-bond acceptors (Lipinski definition) is 9. The van der Waals surface area contributed by atoms with Gasteiger partial charge in [-0.1, -0.05) is 34.5 Å². The summed E-state index contributed by atoms with van der Waals surface area (Å²) in [6.07, 6.45) is 1.53. The zero-order valence-corrected chi connectivity index (χ0v) is 22.4. The monoisotopic (exact) mass is 553 g/mol. The van der Waals surface area contributed by atoms with E-state index in [0.29, 0.717) is 32.4 Å². The first kappa shape index (κ1) is 26.3. The molecule has 0 fully saturated rings. The highest BCUT2D eigenvalue weighted by Gasteiger charge is 2.15. The number of rotatable bonds is 8. The minimum atomic E-state index is -0.219. The Morgan fingerprint density at radius 1 is 1.19 bits per heavy atom. The summed E-state index contributed by atoms with van der Waals surface area (Å²) in [5, 5.41) is 21.9. The van der Waals surface area contributed by atoms with Gasteiger partial charge in [-0.3, -0.25) is 4.79 Å². The zero-order chi connectivity index (χ0) is 26.5. The number of anilines is 2. The molecule has 0 aliphatic heterocycles. The van der Waals surface area contributed by atoms with E-state index in [1.165, 1.54) is 13.0 Å². The van der Waals surface area contributed by atoms with Gasteiger partial charge in [-0.05, 0) is 56.3 Å². The number of azo groups is 1. The van der Waals surface area contributed by atoms with Crippen molar-refractivity contribution in [3.63, 3.8) is 0 Å². The van der Waals surface area contributed by atoms with Crippen LogP contribution >= 0.6 is 34.5 Å². The average molecular weight is 554 g/mol. The van der Waals surface area contributed by atoms with Gasteiger partial charge in [0.05, 0.1) is 10.6 Å². The Morgan fingerprint density at radius 3 is 2.68 bits per heavy atom. The molecule has 0 unspecified atom stereocenters. The van der Waals surface area contributed by atoms with Crippen molar-refractivity contribution in [2.24, 2.45) is 10.2 Å². The molecule has 1 amide bonds. The second-order valence-electron chi connectivity index (χ2n) is 7.71. The number of hydrogen-bond donors (Lipinski definition) is 1. The van der Waals surface area contributed by atoms with Gasteiger partial charge in [0.25, 0.3) is 0 Å².